The molecule has 0 saturated heterocycles. The molecule has 3 N–H and O–H groups in total. The van der Waals surface area contributed by atoms with Gasteiger partial charge in [-0.15, -0.1) is 0 Å². The van der Waals surface area contributed by atoms with Gasteiger partial charge in [0.05, 0.1) is 0 Å². The van der Waals surface area contributed by atoms with Crippen LogP contribution in [-0.4, -0.2) is 15.8 Å². The van der Waals surface area contributed by atoms with Crippen LogP contribution in [0.5, 0.6) is 0 Å². The van der Waals surface area contributed by atoms with Crippen molar-refractivity contribution >= 4 is 17.6 Å². The summed E-state index contributed by atoms with van der Waals surface area (Å²) in [6.07, 6.45) is 1.63. The average Bonchev–Trinajstić information content (AvgIpc) is 2.35. The van der Waals surface area contributed by atoms with Gasteiger partial charge in [0, 0.05) is 11.9 Å². The standard InChI is InChI=1S/C14H16N4S/c1-9-5-10(2)7-11(6-9)8-19-14-17-4-3-12(18-14)13(15)16/h3-7H,8H2,1-2H3,(H3,15,16). The molecule has 0 bridgehead atoms. The van der Waals surface area contributed by atoms with E-state index in [1.165, 1.54) is 16.7 Å². The lowest BCUT2D eigenvalue weighted by Crippen LogP contribution is -2.13. The Balaban J connectivity index is 2.10. The molecule has 0 unspecified atom stereocenters. The van der Waals surface area contributed by atoms with Crippen LogP contribution < -0.4 is 5.73 Å². The minimum absolute atomic E-state index is 0.0318. The first-order valence-electron chi connectivity index (χ1n) is 5.92. The van der Waals surface area contributed by atoms with Gasteiger partial charge in [-0.2, -0.15) is 0 Å². The van der Waals surface area contributed by atoms with Crippen LogP contribution in [0.25, 0.3) is 0 Å². The number of hydrogen-bond acceptors (Lipinski definition) is 4. The van der Waals surface area contributed by atoms with Gasteiger partial charge in [-0.05, 0) is 25.5 Å². The average molecular weight is 272 g/mol. The highest BCUT2D eigenvalue weighted by atomic mass is 32.2. The van der Waals surface area contributed by atoms with Crippen LogP contribution in [0.2, 0.25) is 0 Å². The quantitative estimate of drug-likeness (QED) is 0.388. The topological polar surface area (TPSA) is 75.7 Å². The molecule has 0 aliphatic carbocycles. The summed E-state index contributed by atoms with van der Waals surface area (Å²) in [4.78, 5) is 8.42. The van der Waals surface area contributed by atoms with Crippen LogP contribution in [-0.2, 0) is 5.75 Å². The summed E-state index contributed by atoms with van der Waals surface area (Å²) >= 11 is 1.55. The molecule has 98 valence electrons. The van der Waals surface area contributed by atoms with Gasteiger partial charge in [0.1, 0.15) is 11.5 Å². The van der Waals surface area contributed by atoms with Gasteiger partial charge >= 0.3 is 0 Å². The molecular weight excluding hydrogens is 256 g/mol. The number of amidine groups is 1. The van der Waals surface area contributed by atoms with Gasteiger partial charge < -0.3 is 5.73 Å². The number of thioether (sulfide) groups is 1. The second-order valence-corrected chi connectivity index (χ2v) is 5.37. The fourth-order valence-electron chi connectivity index (χ4n) is 1.86. The van der Waals surface area contributed by atoms with E-state index in [0.29, 0.717) is 10.9 Å². The van der Waals surface area contributed by atoms with Crippen molar-refractivity contribution < 1.29 is 0 Å². The van der Waals surface area contributed by atoms with Crippen molar-refractivity contribution in [1.29, 1.82) is 5.41 Å². The number of nitrogens with zero attached hydrogens (tertiary/aromatic N) is 2. The highest BCUT2D eigenvalue weighted by Gasteiger charge is 2.04. The number of aryl methyl sites for hydroxylation is 2. The minimum atomic E-state index is -0.0318. The van der Waals surface area contributed by atoms with E-state index in [-0.39, 0.29) is 5.84 Å². The molecule has 0 atom stereocenters. The van der Waals surface area contributed by atoms with Crippen molar-refractivity contribution in [3.63, 3.8) is 0 Å². The Bertz CT molecular complexity index is 590. The largest absolute Gasteiger partial charge is 0.382 e. The molecule has 1 heterocycles. The van der Waals surface area contributed by atoms with Crippen LogP contribution in [0, 0.1) is 19.3 Å². The lowest BCUT2D eigenvalue weighted by molar-refractivity contribution is 0.953. The van der Waals surface area contributed by atoms with Crippen LogP contribution in [0.4, 0.5) is 0 Å². The van der Waals surface area contributed by atoms with E-state index in [4.69, 9.17) is 11.1 Å². The van der Waals surface area contributed by atoms with Crippen molar-refractivity contribution in [2.45, 2.75) is 24.8 Å². The number of nitrogens with one attached hydrogen (secondary N) is 1. The van der Waals surface area contributed by atoms with Crippen molar-refractivity contribution in [2.75, 3.05) is 0 Å². The normalized spacial score (nSPS) is 10.4. The second kappa shape index (κ2) is 5.84. The molecule has 0 spiro atoms. The zero-order chi connectivity index (χ0) is 13.8. The van der Waals surface area contributed by atoms with Crippen molar-refractivity contribution in [3.05, 3.63) is 52.8 Å². The van der Waals surface area contributed by atoms with Crippen molar-refractivity contribution in [2.24, 2.45) is 5.73 Å². The summed E-state index contributed by atoms with van der Waals surface area (Å²) in [5.74, 6) is 0.778. The van der Waals surface area contributed by atoms with E-state index >= 15 is 0 Å². The third-order valence-electron chi connectivity index (χ3n) is 2.56. The van der Waals surface area contributed by atoms with Gasteiger partial charge in [0.2, 0.25) is 0 Å². The van der Waals surface area contributed by atoms with E-state index in [0.717, 1.165) is 5.75 Å². The summed E-state index contributed by atoms with van der Waals surface area (Å²) in [6.45, 7) is 4.18. The Kier molecular flexibility index (Phi) is 4.16. The number of nitrogens with two attached hydrogens (primary N) is 1. The molecule has 0 saturated carbocycles. The van der Waals surface area contributed by atoms with Crippen LogP contribution in [0.3, 0.4) is 0 Å². The van der Waals surface area contributed by atoms with Gasteiger partial charge in [-0.25, -0.2) is 9.97 Å². The SMILES string of the molecule is Cc1cc(C)cc(CSc2nccc(C(=N)N)n2)c1. The smallest absolute Gasteiger partial charge is 0.188 e. The number of aromatic nitrogens is 2. The van der Waals surface area contributed by atoms with E-state index in [1.807, 2.05) is 0 Å². The maximum Gasteiger partial charge on any atom is 0.188 e. The van der Waals surface area contributed by atoms with E-state index < -0.39 is 0 Å². The fraction of sp³-hybridized carbons (Fsp3) is 0.214. The molecule has 0 aliphatic heterocycles. The number of benzene rings is 1. The lowest BCUT2D eigenvalue weighted by atomic mass is 10.1. The molecule has 2 aromatic rings. The van der Waals surface area contributed by atoms with Gasteiger partial charge in [-0.3, -0.25) is 5.41 Å². The number of hydrogen-bond donors (Lipinski definition) is 2. The molecule has 2 rings (SSSR count). The Morgan fingerprint density at radius 1 is 1.26 bits per heavy atom. The molecule has 5 heteroatoms. The predicted octanol–water partition coefficient (Wildman–Crippen LogP) is 2.67. The summed E-state index contributed by atoms with van der Waals surface area (Å²) < 4.78 is 0. The van der Waals surface area contributed by atoms with E-state index in [1.54, 1.807) is 24.0 Å². The Hall–Kier alpha value is -1.88. The molecule has 19 heavy (non-hydrogen) atoms. The maximum atomic E-state index is 7.36. The fourth-order valence-corrected chi connectivity index (χ4v) is 2.62. The molecule has 0 amide bonds. The second-order valence-electron chi connectivity index (χ2n) is 4.42. The van der Waals surface area contributed by atoms with Crippen molar-refractivity contribution in [1.82, 2.24) is 9.97 Å². The summed E-state index contributed by atoms with van der Waals surface area (Å²) in [7, 11) is 0. The van der Waals surface area contributed by atoms with Crippen molar-refractivity contribution in [3.8, 4) is 0 Å². The van der Waals surface area contributed by atoms with E-state index in [2.05, 4.69) is 42.0 Å². The van der Waals surface area contributed by atoms with Crippen LogP contribution >= 0.6 is 11.8 Å². The first-order valence-corrected chi connectivity index (χ1v) is 6.90. The molecule has 4 nitrogen and oxygen atoms in total. The molecule has 0 radical (unpaired) electrons. The summed E-state index contributed by atoms with van der Waals surface area (Å²) in [6, 6.07) is 8.12. The number of rotatable bonds is 4. The Morgan fingerprint density at radius 2 is 1.95 bits per heavy atom. The summed E-state index contributed by atoms with van der Waals surface area (Å²) in [5.41, 5.74) is 9.65. The zero-order valence-electron chi connectivity index (χ0n) is 11.0. The predicted molar refractivity (Wildman–Crippen MR) is 78.5 cm³/mol. The first-order chi connectivity index (χ1) is 9.04. The minimum Gasteiger partial charge on any atom is -0.382 e. The van der Waals surface area contributed by atoms with Crippen LogP contribution in [0.15, 0.2) is 35.6 Å². The lowest BCUT2D eigenvalue weighted by Gasteiger charge is -2.05. The Morgan fingerprint density at radius 3 is 2.58 bits per heavy atom. The van der Waals surface area contributed by atoms with Gasteiger partial charge in [-0.1, -0.05) is 41.1 Å². The maximum absolute atomic E-state index is 7.36. The molecule has 0 aliphatic rings. The van der Waals surface area contributed by atoms with Gasteiger partial charge in [0.25, 0.3) is 0 Å². The zero-order valence-corrected chi connectivity index (χ0v) is 11.8. The molecular formula is C14H16N4S. The highest BCUT2D eigenvalue weighted by molar-refractivity contribution is 7.98. The first kappa shape index (κ1) is 13.5. The molecule has 1 aromatic heterocycles. The third-order valence-corrected chi connectivity index (χ3v) is 3.49. The summed E-state index contributed by atoms with van der Waals surface area (Å²) in [5, 5.41) is 8.01. The third kappa shape index (κ3) is 3.79. The highest BCUT2D eigenvalue weighted by Crippen LogP contribution is 2.20. The van der Waals surface area contributed by atoms with E-state index in [9.17, 15) is 0 Å². The monoisotopic (exact) mass is 272 g/mol. The molecule has 1 aromatic carbocycles. The number of nitrogen functional groups attached to an aromatic ring is 1. The molecule has 0 fully saturated rings. The Labute approximate surface area is 117 Å². The van der Waals surface area contributed by atoms with Gasteiger partial charge in [0.15, 0.2) is 5.16 Å². The van der Waals surface area contributed by atoms with Crippen LogP contribution in [0.1, 0.15) is 22.4 Å².